The van der Waals surface area contributed by atoms with Gasteiger partial charge in [0.2, 0.25) is 0 Å². The summed E-state index contributed by atoms with van der Waals surface area (Å²) in [7, 11) is 3.72. The van der Waals surface area contributed by atoms with E-state index in [4.69, 9.17) is 17.3 Å². The van der Waals surface area contributed by atoms with E-state index in [1.807, 2.05) is 21.0 Å². The molecule has 0 aromatic carbocycles. The number of rotatable bonds is 2. The summed E-state index contributed by atoms with van der Waals surface area (Å²) in [4.78, 5) is 1.79. The summed E-state index contributed by atoms with van der Waals surface area (Å²) in [6.45, 7) is 1.95. The van der Waals surface area contributed by atoms with Gasteiger partial charge in [0.25, 0.3) is 0 Å². The molecule has 9 heavy (non-hydrogen) atoms. The summed E-state index contributed by atoms with van der Waals surface area (Å²) < 4.78 is 0. The van der Waals surface area contributed by atoms with Gasteiger partial charge in [0.15, 0.2) is 0 Å². The van der Waals surface area contributed by atoms with E-state index in [1.54, 1.807) is 4.90 Å². The van der Waals surface area contributed by atoms with Crippen LogP contribution in [0.1, 0.15) is 13.3 Å². The average Bonchev–Trinajstić information content (AvgIpc) is 1.67. The molecule has 1 atom stereocenters. The fourth-order valence-corrected chi connectivity index (χ4v) is 0.316. The fraction of sp³-hybridized carbons (Fsp3) is 1.00. The molecule has 0 rings (SSSR count). The summed E-state index contributed by atoms with van der Waals surface area (Å²) >= 11 is 5.76. The van der Waals surface area contributed by atoms with Crippen LogP contribution in [0.15, 0.2) is 0 Å². The first kappa shape index (κ1) is 12.2. The highest BCUT2D eigenvalue weighted by Gasteiger charge is 2.20. The summed E-state index contributed by atoms with van der Waals surface area (Å²) in [5.74, 6) is 0. The van der Waals surface area contributed by atoms with Gasteiger partial charge in [-0.05, 0) is 20.5 Å². The molecule has 0 saturated carbocycles. The molecule has 0 aliphatic carbocycles. The smallest absolute Gasteiger partial charge is 0.145 e. The SMILES string of the molecule is CCC(N)(Cl)N(C)C.Cl. The summed E-state index contributed by atoms with van der Waals surface area (Å²) in [5, 5.41) is -0.653. The second-order valence-corrected chi connectivity index (χ2v) is 2.72. The van der Waals surface area contributed by atoms with Gasteiger partial charge in [0.1, 0.15) is 5.12 Å². The lowest BCUT2D eigenvalue weighted by Gasteiger charge is -2.27. The van der Waals surface area contributed by atoms with Crippen LogP contribution in [-0.4, -0.2) is 24.1 Å². The lowest BCUT2D eigenvalue weighted by Crippen LogP contribution is -2.46. The van der Waals surface area contributed by atoms with Crippen molar-refractivity contribution >= 4 is 24.0 Å². The van der Waals surface area contributed by atoms with Gasteiger partial charge in [-0.15, -0.1) is 12.4 Å². The standard InChI is InChI=1S/C5H13ClN2.ClH/c1-4-5(6,7)8(2)3;/h4,7H2,1-3H3;1H. The summed E-state index contributed by atoms with van der Waals surface area (Å²) in [5.41, 5.74) is 5.55. The Hall–Kier alpha value is 0.500. The molecule has 0 aromatic heterocycles. The molecule has 4 heteroatoms. The molecular weight excluding hydrogens is 159 g/mol. The molecule has 0 aliphatic rings. The van der Waals surface area contributed by atoms with Crippen LogP contribution in [0.4, 0.5) is 0 Å². The van der Waals surface area contributed by atoms with E-state index < -0.39 is 5.12 Å². The van der Waals surface area contributed by atoms with Crippen LogP contribution >= 0.6 is 24.0 Å². The minimum Gasteiger partial charge on any atom is -0.300 e. The van der Waals surface area contributed by atoms with Gasteiger partial charge < -0.3 is 5.73 Å². The normalized spacial score (nSPS) is 16.7. The van der Waals surface area contributed by atoms with Gasteiger partial charge in [-0.25, -0.2) is 0 Å². The predicted octanol–water partition coefficient (Wildman–Crippen LogP) is 1.23. The second kappa shape index (κ2) is 4.34. The topological polar surface area (TPSA) is 29.3 Å². The quantitative estimate of drug-likeness (QED) is 0.386. The number of nitrogens with two attached hydrogens (primary N) is 1. The molecule has 0 heterocycles. The van der Waals surface area contributed by atoms with E-state index in [0.29, 0.717) is 0 Å². The highest BCUT2D eigenvalue weighted by molar-refractivity contribution is 6.23. The number of nitrogens with zero attached hydrogens (tertiary/aromatic N) is 1. The van der Waals surface area contributed by atoms with Crippen molar-refractivity contribution in [2.75, 3.05) is 14.1 Å². The number of hydrogen-bond acceptors (Lipinski definition) is 2. The van der Waals surface area contributed by atoms with Crippen LogP contribution in [0.5, 0.6) is 0 Å². The maximum absolute atomic E-state index is 5.76. The molecule has 58 valence electrons. The Morgan fingerprint density at radius 2 is 1.89 bits per heavy atom. The molecule has 0 fully saturated rings. The van der Waals surface area contributed by atoms with Crippen LogP contribution in [0.2, 0.25) is 0 Å². The van der Waals surface area contributed by atoms with E-state index in [9.17, 15) is 0 Å². The third kappa shape index (κ3) is 3.98. The largest absolute Gasteiger partial charge is 0.300 e. The molecule has 0 bridgehead atoms. The van der Waals surface area contributed by atoms with E-state index in [-0.39, 0.29) is 12.4 Å². The van der Waals surface area contributed by atoms with Gasteiger partial charge in [-0.3, -0.25) is 4.90 Å². The highest BCUT2D eigenvalue weighted by atomic mass is 35.5. The monoisotopic (exact) mass is 172 g/mol. The van der Waals surface area contributed by atoms with Crippen LogP contribution < -0.4 is 5.73 Å². The number of hydrogen-bond donors (Lipinski definition) is 1. The Balaban J connectivity index is 0. The maximum Gasteiger partial charge on any atom is 0.145 e. The Morgan fingerprint density at radius 3 is 1.89 bits per heavy atom. The van der Waals surface area contributed by atoms with Gasteiger partial charge in [-0.1, -0.05) is 18.5 Å². The van der Waals surface area contributed by atoms with E-state index in [0.717, 1.165) is 6.42 Å². The fourth-order valence-electron chi connectivity index (χ4n) is 0.316. The van der Waals surface area contributed by atoms with Crippen LogP contribution in [0.3, 0.4) is 0 Å². The molecule has 0 saturated heterocycles. The molecule has 0 radical (unpaired) electrons. The van der Waals surface area contributed by atoms with Gasteiger partial charge >= 0.3 is 0 Å². The molecule has 0 spiro atoms. The van der Waals surface area contributed by atoms with Crippen molar-refractivity contribution in [1.29, 1.82) is 0 Å². The van der Waals surface area contributed by atoms with Gasteiger partial charge in [0.05, 0.1) is 0 Å². The molecule has 2 N–H and O–H groups in total. The van der Waals surface area contributed by atoms with Gasteiger partial charge in [0, 0.05) is 0 Å². The minimum absolute atomic E-state index is 0. The van der Waals surface area contributed by atoms with Crippen molar-refractivity contribution in [3.63, 3.8) is 0 Å². The number of alkyl halides is 1. The zero-order valence-corrected chi connectivity index (χ0v) is 7.59. The van der Waals surface area contributed by atoms with Crippen LogP contribution in [-0.2, 0) is 0 Å². The minimum atomic E-state index is -0.653. The predicted molar refractivity (Wildman–Crippen MR) is 44.0 cm³/mol. The Bertz CT molecular complexity index is 73.4. The first-order chi connectivity index (χ1) is 3.50. The zero-order valence-electron chi connectivity index (χ0n) is 6.02. The summed E-state index contributed by atoms with van der Waals surface area (Å²) in [6, 6.07) is 0. The van der Waals surface area contributed by atoms with Crippen molar-refractivity contribution in [1.82, 2.24) is 4.90 Å². The molecule has 0 aromatic rings. The Labute approximate surface area is 67.8 Å². The third-order valence-corrected chi connectivity index (χ3v) is 1.84. The number of halogens is 2. The van der Waals surface area contributed by atoms with Crippen LogP contribution in [0, 0.1) is 0 Å². The molecular formula is C5H14Cl2N2. The first-order valence-electron chi connectivity index (χ1n) is 2.66. The molecule has 0 amide bonds. The highest BCUT2D eigenvalue weighted by Crippen LogP contribution is 2.13. The van der Waals surface area contributed by atoms with E-state index in [1.165, 1.54) is 0 Å². The Morgan fingerprint density at radius 1 is 1.56 bits per heavy atom. The molecule has 2 nitrogen and oxygen atoms in total. The maximum atomic E-state index is 5.76. The van der Waals surface area contributed by atoms with Crippen molar-refractivity contribution in [2.24, 2.45) is 5.73 Å². The van der Waals surface area contributed by atoms with Gasteiger partial charge in [-0.2, -0.15) is 0 Å². The lowest BCUT2D eigenvalue weighted by atomic mass is 10.3. The van der Waals surface area contributed by atoms with Crippen molar-refractivity contribution in [3.8, 4) is 0 Å². The lowest BCUT2D eigenvalue weighted by molar-refractivity contribution is 0.248. The Kier molecular flexibility index (Phi) is 5.88. The zero-order chi connectivity index (χ0) is 6.78. The van der Waals surface area contributed by atoms with Crippen molar-refractivity contribution < 1.29 is 0 Å². The molecule has 0 aliphatic heterocycles. The van der Waals surface area contributed by atoms with Crippen molar-refractivity contribution in [2.45, 2.75) is 18.5 Å². The molecule has 1 unspecified atom stereocenters. The summed E-state index contributed by atoms with van der Waals surface area (Å²) in [6.07, 6.45) is 0.752. The van der Waals surface area contributed by atoms with E-state index in [2.05, 4.69) is 0 Å². The average molecular weight is 173 g/mol. The van der Waals surface area contributed by atoms with Crippen molar-refractivity contribution in [3.05, 3.63) is 0 Å². The van der Waals surface area contributed by atoms with Crippen LogP contribution in [0.25, 0.3) is 0 Å². The third-order valence-electron chi connectivity index (χ3n) is 1.24. The van der Waals surface area contributed by atoms with E-state index >= 15 is 0 Å². The second-order valence-electron chi connectivity index (χ2n) is 2.07. The first-order valence-corrected chi connectivity index (χ1v) is 3.03.